The van der Waals surface area contributed by atoms with Gasteiger partial charge < -0.3 is 5.32 Å². The van der Waals surface area contributed by atoms with Crippen molar-refractivity contribution in [2.75, 3.05) is 11.9 Å². The number of aromatic amines is 1. The first-order chi connectivity index (χ1) is 5.79. The van der Waals surface area contributed by atoms with Crippen molar-refractivity contribution < 1.29 is 0 Å². The number of nitrogens with zero attached hydrogens (tertiary/aromatic N) is 1. The molecule has 1 aliphatic heterocycles. The van der Waals surface area contributed by atoms with Crippen molar-refractivity contribution in [3.63, 3.8) is 0 Å². The van der Waals surface area contributed by atoms with Crippen LogP contribution in [0.5, 0.6) is 0 Å². The number of aromatic nitrogens is 2. The zero-order chi connectivity index (χ0) is 8.55. The van der Waals surface area contributed by atoms with E-state index in [1.54, 1.807) is 0 Å². The average Bonchev–Trinajstić information content (AvgIpc) is 2.12. The Balaban J connectivity index is 2.64. The molecule has 2 heterocycles. The second-order valence-corrected chi connectivity index (χ2v) is 3.02. The Hall–Kier alpha value is -1.32. The maximum atomic E-state index is 11.2. The van der Waals surface area contributed by atoms with Crippen LogP contribution in [0.3, 0.4) is 0 Å². The van der Waals surface area contributed by atoms with Gasteiger partial charge in [0.2, 0.25) is 0 Å². The number of H-pyrrole nitrogens is 1. The number of aryl methyl sites for hydroxylation is 1. The second-order valence-electron chi connectivity index (χ2n) is 3.02. The molecule has 12 heavy (non-hydrogen) atoms. The van der Waals surface area contributed by atoms with Crippen LogP contribution in [0.1, 0.15) is 17.7 Å². The smallest absolute Gasteiger partial charge is 0.287 e. The minimum absolute atomic E-state index is 0.102. The molecule has 0 saturated carbocycles. The number of rotatable bonds is 0. The quantitative estimate of drug-likeness (QED) is 0.586. The van der Waals surface area contributed by atoms with Crippen molar-refractivity contribution >= 4 is 5.69 Å². The lowest BCUT2D eigenvalue weighted by atomic mass is 10.0. The van der Waals surface area contributed by atoms with Gasteiger partial charge in [-0.2, -0.15) is 5.10 Å². The zero-order valence-electron chi connectivity index (χ0n) is 6.98. The Kier molecular flexibility index (Phi) is 1.60. The van der Waals surface area contributed by atoms with Gasteiger partial charge in [-0.15, -0.1) is 0 Å². The van der Waals surface area contributed by atoms with Crippen LogP contribution in [0.15, 0.2) is 4.79 Å². The normalized spacial score (nSPS) is 15.1. The molecule has 0 unspecified atom stereocenters. The molecular weight excluding hydrogens is 154 g/mol. The van der Waals surface area contributed by atoms with E-state index < -0.39 is 0 Å². The summed E-state index contributed by atoms with van der Waals surface area (Å²) in [5.41, 5.74) is 2.62. The predicted molar refractivity (Wildman–Crippen MR) is 46.4 cm³/mol. The van der Waals surface area contributed by atoms with Crippen molar-refractivity contribution in [3.05, 3.63) is 21.6 Å². The molecule has 2 N–H and O–H groups in total. The molecule has 2 rings (SSSR count). The number of anilines is 1. The molecule has 0 bridgehead atoms. The fourth-order valence-corrected chi connectivity index (χ4v) is 1.55. The standard InChI is InChI=1S/C8H11N3O/c1-5-6-3-2-4-9-7(6)8(12)11-10-5/h9H,2-4H2,1H3,(H,11,12). The highest BCUT2D eigenvalue weighted by Crippen LogP contribution is 2.18. The highest BCUT2D eigenvalue weighted by molar-refractivity contribution is 5.52. The molecule has 1 aromatic rings. The number of fused-ring (bicyclic) bond motifs is 1. The van der Waals surface area contributed by atoms with Crippen LogP contribution in [-0.2, 0) is 6.42 Å². The molecule has 0 saturated heterocycles. The lowest BCUT2D eigenvalue weighted by molar-refractivity contribution is 0.787. The molecular formula is C8H11N3O. The average molecular weight is 165 g/mol. The van der Waals surface area contributed by atoms with Gasteiger partial charge in [-0.3, -0.25) is 4.79 Å². The zero-order valence-corrected chi connectivity index (χ0v) is 6.98. The SMILES string of the molecule is Cc1n[nH]c(=O)c2c1CCCN2. The van der Waals surface area contributed by atoms with Crippen molar-refractivity contribution in [2.45, 2.75) is 19.8 Å². The maximum Gasteiger partial charge on any atom is 0.287 e. The first-order valence-corrected chi connectivity index (χ1v) is 4.11. The van der Waals surface area contributed by atoms with Gasteiger partial charge in [0.1, 0.15) is 5.69 Å². The molecule has 1 aromatic heterocycles. The fourth-order valence-electron chi connectivity index (χ4n) is 1.55. The van der Waals surface area contributed by atoms with E-state index >= 15 is 0 Å². The van der Waals surface area contributed by atoms with Gasteiger partial charge in [0.25, 0.3) is 5.56 Å². The van der Waals surface area contributed by atoms with E-state index in [2.05, 4.69) is 15.5 Å². The van der Waals surface area contributed by atoms with Crippen molar-refractivity contribution in [1.82, 2.24) is 10.2 Å². The highest BCUT2D eigenvalue weighted by Gasteiger charge is 2.14. The van der Waals surface area contributed by atoms with Gasteiger partial charge in [-0.1, -0.05) is 0 Å². The van der Waals surface area contributed by atoms with Crippen molar-refractivity contribution in [3.8, 4) is 0 Å². The van der Waals surface area contributed by atoms with Gasteiger partial charge in [-0.25, -0.2) is 5.10 Å². The van der Waals surface area contributed by atoms with E-state index in [0.717, 1.165) is 30.6 Å². The van der Waals surface area contributed by atoms with Crippen LogP contribution in [-0.4, -0.2) is 16.7 Å². The Labute approximate surface area is 70.0 Å². The van der Waals surface area contributed by atoms with Gasteiger partial charge in [0.15, 0.2) is 0 Å². The molecule has 1 aliphatic rings. The minimum atomic E-state index is -0.102. The Morgan fingerprint density at radius 1 is 1.50 bits per heavy atom. The summed E-state index contributed by atoms with van der Waals surface area (Å²) in [6.07, 6.45) is 2.05. The topological polar surface area (TPSA) is 57.8 Å². The first kappa shape index (κ1) is 7.34. The van der Waals surface area contributed by atoms with Gasteiger partial charge in [-0.05, 0) is 19.8 Å². The van der Waals surface area contributed by atoms with Crippen LogP contribution in [0.25, 0.3) is 0 Å². The summed E-state index contributed by atoms with van der Waals surface area (Å²) >= 11 is 0. The predicted octanol–water partition coefficient (Wildman–Crippen LogP) is 0.436. The molecule has 0 amide bonds. The number of hydrogen-bond acceptors (Lipinski definition) is 3. The minimum Gasteiger partial charge on any atom is -0.380 e. The van der Waals surface area contributed by atoms with E-state index in [1.807, 2.05) is 6.92 Å². The summed E-state index contributed by atoms with van der Waals surface area (Å²) in [5.74, 6) is 0. The third-order valence-corrected chi connectivity index (χ3v) is 2.20. The Morgan fingerprint density at radius 2 is 2.33 bits per heavy atom. The van der Waals surface area contributed by atoms with Crippen LogP contribution in [0.2, 0.25) is 0 Å². The van der Waals surface area contributed by atoms with Gasteiger partial charge in [0.05, 0.1) is 5.69 Å². The third-order valence-electron chi connectivity index (χ3n) is 2.20. The van der Waals surface area contributed by atoms with Crippen LogP contribution >= 0.6 is 0 Å². The molecule has 64 valence electrons. The number of hydrogen-bond donors (Lipinski definition) is 2. The third kappa shape index (κ3) is 0.995. The second kappa shape index (κ2) is 2.62. The summed E-state index contributed by atoms with van der Waals surface area (Å²) in [6, 6.07) is 0. The number of nitrogens with one attached hydrogen (secondary N) is 2. The first-order valence-electron chi connectivity index (χ1n) is 4.11. The fraction of sp³-hybridized carbons (Fsp3) is 0.500. The molecule has 0 radical (unpaired) electrons. The monoisotopic (exact) mass is 165 g/mol. The summed E-state index contributed by atoms with van der Waals surface area (Å²) in [5, 5.41) is 9.46. The van der Waals surface area contributed by atoms with Crippen LogP contribution in [0, 0.1) is 6.92 Å². The van der Waals surface area contributed by atoms with Crippen molar-refractivity contribution in [1.29, 1.82) is 0 Å². The molecule has 0 fully saturated rings. The lowest BCUT2D eigenvalue weighted by Crippen LogP contribution is -2.24. The highest BCUT2D eigenvalue weighted by atomic mass is 16.1. The lowest BCUT2D eigenvalue weighted by Gasteiger charge is -2.17. The van der Waals surface area contributed by atoms with Crippen molar-refractivity contribution in [2.24, 2.45) is 0 Å². The molecule has 0 atom stereocenters. The van der Waals surface area contributed by atoms with E-state index in [0.29, 0.717) is 5.69 Å². The summed E-state index contributed by atoms with van der Waals surface area (Å²) in [4.78, 5) is 11.2. The molecule has 0 aromatic carbocycles. The molecule has 4 nitrogen and oxygen atoms in total. The van der Waals surface area contributed by atoms with E-state index in [1.165, 1.54) is 0 Å². The molecule has 0 aliphatic carbocycles. The summed E-state index contributed by atoms with van der Waals surface area (Å²) in [6.45, 7) is 2.81. The van der Waals surface area contributed by atoms with Gasteiger partial charge in [0, 0.05) is 12.1 Å². The Bertz CT molecular complexity index is 356. The molecule has 0 spiro atoms. The largest absolute Gasteiger partial charge is 0.380 e. The van der Waals surface area contributed by atoms with Gasteiger partial charge >= 0.3 is 0 Å². The van der Waals surface area contributed by atoms with E-state index in [4.69, 9.17) is 0 Å². The maximum absolute atomic E-state index is 11.2. The van der Waals surface area contributed by atoms with E-state index in [-0.39, 0.29) is 5.56 Å². The van der Waals surface area contributed by atoms with Crippen LogP contribution < -0.4 is 10.9 Å². The van der Waals surface area contributed by atoms with Crippen LogP contribution in [0.4, 0.5) is 5.69 Å². The molecule has 4 heteroatoms. The Morgan fingerprint density at radius 3 is 3.08 bits per heavy atom. The van der Waals surface area contributed by atoms with E-state index in [9.17, 15) is 4.79 Å². The summed E-state index contributed by atoms with van der Waals surface area (Å²) in [7, 11) is 0. The summed E-state index contributed by atoms with van der Waals surface area (Å²) < 4.78 is 0.